The van der Waals surface area contributed by atoms with E-state index < -0.39 is 5.24 Å². The number of benzene rings is 1. The summed E-state index contributed by atoms with van der Waals surface area (Å²) in [5, 5.41) is 6.98. The van der Waals surface area contributed by atoms with Crippen LogP contribution in [0, 0.1) is 6.92 Å². The van der Waals surface area contributed by atoms with Gasteiger partial charge < -0.3 is 0 Å². The molecule has 2 aromatic rings. The summed E-state index contributed by atoms with van der Waals surface area (Å²) in [7, 11) is 0. The molecule has 2 rings (SSSR count). The summed E-state index contributed by atoms with van der Waals surface area (Å²) in [4.78, 5) is 10.9. The minimum atomic E-state index is -0.451. The highest BCUT2D eigenvalue weighted by Gasteiger charge is 2.05. The second-order valence-electron chi connectivity index (χ2n) is 3.14. The number of aromatic nitrogens is 3. The Bertz CT molecular complexity index is 493. The highest BCUT2D eigenvalue weighted by atomic mass is 35.5. The Balaban J connectivity index is 2.48. The van der Waals surface area contributed by atoms with Gasteiger partial charge in [0.15, 0.2) is 0 Å². The number of aryl methyl sites for hydroxylation is 1. The first-order valence-electron chi connectivity index (χ1n) is 4.34. The Kier molecular flexibility index (Phi) is 2.51. The van der Waals surface area contributed by atoms with E-state index in [0.29, 0.717) is 5.56 Å². The van der Waals surface area contributed by atoms with Crippen molar-refractivity contribution in [1.82, 2.24) is 14.8 Å². The average Bonchev–Trinajstić information content (AvgIpc) is 2.70. The SMILES string of the molecule is Cc1cc(C(=O)Cl)ccc1-n1cnnc1. The van der Waals surface area contributed by atoms with Crippen LogP contribution in [0.2, 0.25) is 0 Å². The van der Waals surface area contributed by atoms with E-state index in [1.807, 2.05) is 13.0 Å². The molecule has 0 aliphatic heterocycles. The molecule has 0 fully saturated rings. The van der Waals surface area contributed by atoms with Crippen molar-refractivity contribution in [2.45, 2.75) is 6.92 Å². The molecule has 0 unspecified atom stereocenters. The molecule has 76 valence electrons. The lowest BCUT2D eigenvalue weighted by atomic mass is 10.1. The van der Waals surface area contributed by atoms with Gasteiger partial charge in [0, 0.05) is 5.56 Å². The van der Waals surface area contributed by atoms with Crippen LogP contribution in [0.4, 0.5) is 0 Å². The fourth-order valence-corrected chi connectivity index (χ4v) is 1.51. The Labute approximate surface area is 91.5 Å². The van der Waals surface area contributed by atoms with Crippen LogP contribution in [0.25, 0.3) is 5.69 Å². The van der Waals surface area contributed by atoms with Crippen LogP contribution in [0.15, 0.2) is 30.9 Å². The van der Waals surface area contributed by atoms with Gasteiger partial charge in [-0.1, -0.05) is 0 Å². The van der Waals surface area contributed by atoms with E-state index >= 15 is 0 Å². The van der Waals surface area contributed by atoms with Crippen molar-refractivity contribution < 1.29 is 4.79 Å². The van der Waals surface area contributed by atoms with E-state index in [9.17, 15) is 4.79 Å². The Hall–Kier alpha value is -1.68. The van der Waals surface area contributed by atoms with E-state index in [0.717, 1.165) is 11.3 Å². The van der Waals surface area contributed by atoms with Crippen molar-refractivity contribution in [3.63, 3.8) is 0 Å². The third-order valence-corrected chi connectivity index (χ3v) is 2.34. The third-order valence-electron chi connectivity index (χ3n) is 2.12. The summed E-state index contributed by atoms with van der Waals surface area (Å²) in [6.45, 7) is 1.90. The minimum Gasteiger partial charge on any atom is -0.288 e. The molecule has 0 atom stereocenters. The molecule has 0 bridgehead atoms. The van der Waals surface area contributed by atoms with Crippen LogP contribution in [-0.2, 0) is 0 Å². The molecule has 0 aliphatic carbocycles. The van der Waals surface area contributed by atoms with Gasteiger partial charge in [-0.15, -0.1) is 10.2 Å². The van der Waals surface area contributed by atoms with Gasteiger partial charge in [-0.2, -0.15) is 0 Å². The van der Waals surface area contributed by atoms with Crippen LogP contribution in [-0.4, -0.2) is 20.0 Å². The summed E-state index contributed by atoms with van der Waals surface area (Å²) in [6, 6.07) is 5.23. The first kappa shape index (κ1) is 9.86. The van der Waals surface area contributed by atoms with E-state index in [1.165, 1.54) is 0 Å². The van der Waals surface area contributed by atoms with Gasteiger partial charge in [-0.25, -0.2) is 0 Å². The van der Waals surface area contributed by atoms with Gasteiger partial charge >= 0.3 is 0 Å². The molecule has 0 N–H and O–H groups in total. The van der Waals surface area contributed by atoms with Crippen molar-refractivity contribution in [1.29, 1.82) is 0 Å². The molecule has 15 heavy (non-hydrogen) atoms. The summed E-state index contributed by atoms with van der Waals surface area (Å²) in [5.41, 5.74) is 2.37. The number of rotatable bonds is 2. The third kappa shape index (κ3) is 1.89. The molecule has 0 radical (unpaired) electrons. The lowest BCUT2D eigenvalue weighted by Gasteiger charge is -2.06. The maximum absolute atomic E-state index is 10.9. The van der Waals surface area contributed by atoms with Crippen molar-refractivity contribution in [2.75, 3.05) is 0 Å². The van der Waals surface area contributed by atoms with Crippen molar-refractivity contribution in [3.8, 4) is 5.69 Å². The number of hydrogen-bond donors (Lipinski definition) is 0. The minimum absolute atomic E-state index is 0.451. The van der Waals surface area contributed by atoms with Crippen LogP contribution in [0.3, 0.4) is 0 Å². The normalized spacial score (nSPS) is 10.3. The van der Waals surface area contributed by atoms with E-state index in [-0.39, 0.29) is 0 Å². The predicted molar refractivity (Wildman–Crippen MR) is 56.3 cm³/mol. The smallest absolute Gasteiger partial charge is 0.252 e. The molecule has 1 aromatic heterocycles. The van der Waals surface area contributed by atoms with Crippen LogP contribution in [0.1, 0.15) is 15.9 Å². The maximum atomic E-state index is 10.9. The number of hydrogen-bond acceptors (Lipinski definition) is 3. The highest BCUT2D eigenvalue weighted by molar-refractivity contribution is 6.67. The predicted octanol–water partition coefficient (Wildman–Crippen LogP) is 1.95. The lowest BCUT2D eigenvalue weighted by Crippen LogP contribution is -1.97. The summed E-state index contributed by atoms with van der Waals surface area (Å²) < 4.78 is 1.78. The van der Waals surface area contributed by atoms with Crippen molar-refractivity contribution in [3.05, 3.63) is 42.0 Å². The monoisotopic (exact) mass is 221 g/mol. The maximum Gasteiger partial charge on any atom is 0.252 e. The molecular formula is C10H8ClN3O. The van der Waals surface area contributed by atoms with Crippen LogP contribution in [0.5, 0.6) is 0 Å². The van der Waals surface area contributed by atoms with Crippen molar-refractivity contribution >= 4 is 16.8 Å². The van der Waals surface area contributed by atoms with Gasteiger partial charge in [-0.05, 0) is 42.3 Å². The second-order valence-corrected chi connectivity index (χ2v) is 3.49. The number of halogens is 1. The largest absolute Gasteiger partial charge is 0.288 e. The van der Waals surface area contributed by atoms with Crippen molar-refractivity contribution in [2.24, 2.45) is 0 Å². The molecular weight excluding hydrogens is 214 g/mol. The highest BCUT2D eigenvalue weighted by Crippen LogP contribution is 2.16. The first-order valence-corrected chi connectivity index (χ1v) is 4.72. The lowest BCUT2D eigenvalue weighted by molar-refractivity contribution is 0.108. The number of carbonyl (C=O) groups excluding carboxylic acids is 1. The van der Waals surface area contributed by atoms with Gasteiger partial charge in [0.25, 0.3) is 5.24 Å². The second kappa shape index (κ2) is 3.82. The molecule has 1 heterocycles. The quantitative estimate of drug-likeness (QED) is 0.729. The molecule has 0 spiro atoms. The van der Waals surface area contributed by atoms with Gasteiger partial charge in [0.1, 0.15) is 12.7 Å². The van der Waals surface area contributed by atoms with E-state index in [1.54, 1.807) is 29.4 Å². The summed E-state index contributed by atoms with van der Waals surface area (Å²) in [5.74, 6) is 0. The Morgan fingerprint density at radius 2 is 2.00 bits per heavy atom. The topological polar surface area (TPSA) is 47.8 Å². The van der Waals surface area contributed by atoms with E-state index in [2.05, 4.69) is 10.2 Å². The summed E-state index contributed by atoms with van der Waals surface area (Å²) in [6.07, 6.45) is 3.20. The molecule has 0 saturated carbocycles. The zero-order chi connectivity index (χ0) is 10.8. The summed E-state index contributed by atoms with van der Waals surface area (Å²) >= 11 is 5.38. The zero-order valence-corrected chi connectivity index (χ0v) is 8.77. The fraction of sp³-hybridized carbons (Fsp3) is 0.100. The number of carbonyl (C=O) groups is 1. The fourth-order valence-electron chi connectivity index (χ4n) is 1.39. The molecule has 1 aromatic carbocycles. The Morgan fingerprint density at radius 3 is 2.53 bits per heavy atom. The van der Waals surface area contributed by atoms with E-state index in [4.69, 9.17) is 11.6 Å². The first-order chi connectivity index (χ1) is 7.18. The molecule has 0 aliphatic rings. The Morgan fingerprint density at radius 1 is 1.33 bits per heavy atom. The zero-order valence-electron chi connectivity index (χ0n) is 8.01. The average molecular weight is 222 g/mol. The molecule has 0 saturated heterocycles. The van der Waals surface area contributed by atoms with Gasteiger partial charge in [0.05, 0.1) is 5.69 Å². The van der Waals surface area contributed by atoms with Crippen LogP contribution < -0.4 is 0 Å². The molecule has 0 amide bonds. The van der Waals surface area contributed by atoms with Crippen LogP contribution >= 0.6 is 11.6 Å². The number of nitrogens with zero attached hydrogens (tertiary/aromatic N) is 3. The molecule has 5 heteroatoms. The van der Waals surface area contributed by atoms with Gasteiger partial charge in [0.2, 0.25) is 0 Å². The van der Waals surface area contributed by atoms with Gasteiger partial charge in [-0.3, -0.25) is 9.36 Å². The standard InChI is InChI=1S/C10H8ClN3O/c1-7-4-8(10(11)15)2-3-9(7)14-5-12-13-6-14/h2-6H,1H3. The molecule has 4 nitrogen and oxygen atoms in total.